The molecule has 27 heavy (non-hydrogen) atoms. The summed E-state index contributed by atoms with van der Waals surface area (Å²) in [5.74, 6) is -1.13. The highest BCUT2D eigenvalue weighted by atomic mass is 16.5. The molecule has 0 aliphatic heterocycles. The molecule has 3 rings (SSSR count). The predicted octanol–water partition coefficient (Wildman–Crippen LogP) is 1.78. The highest BCUT2D eigenvalue weighted by Gasteiger charge is 2.28. The van der Waals surface area contributed by atoms with E-state index < -0.39 is 17.9 Å². The molecule has 2 heterocycles. The minimum atomic E-state index is -1.22. The Labute approximate surface area is 155 Å². The average Bonchev–Trinajstić information content (AvgIpc) is 3.27. The number of rotatable bonds is 6. The zero-order valence-electron chi connectivity index (χ0n) is 15.1. The molecule has 0 fully saturated rings. The molecule has 0 aliphatic rings. The number of aliphatic carboxylic acids is 1. The molecule has 0 spiro atoms. The Morgan fingerprint density at radius 1 is 1.30 bits per heavy atom. The van der Waals surface area contributed by atoms with E-state index in [9.17, 15) is 14.7 Å². The number of methoxy groups -OCH3 is 1. The molecule has 1 atom stereocenters. The van der Waals surface area contributed by atoms with E-state index in [4.69, 9.17) is 4.74 Å². The molecule has 9 heteroatoms. The van der Waals surface area contributed by atoms with Crippen molar-refractivity contribution in [3.63, 3.8) is 0 Å². The number of aryl methyl sites for hydroxylation is 2. The molecule has 1 amide bonds. The average molecular weight is 369 g/mol. The van der Waals surface area contributed by atoms with Gasteiger partial charge in [-0.05, 0) is 26.0 Å². The minimum Gasteiger partial charge on any atom is -0.494 e. The molecular formula is C18H19N5O4. The van der Waals surface area contributed by atoms with Crippen molar-refractivity contribution in [1.29, 1.82) is 0 Å². The lowest BCUT2D eigenvalue weighted by atomic mass is 10.0. The number of para-hydroxylation sites is 2. The third-order valence-corrected chi connectivity index (χ3v) is 4.17. The first-order valence-corrected chi connectivity index (χ1v) is 8.15. The summed E-state index contributed by atoms with van der Waals surface area (Å²) in [7, 11) is 1.54. The number of hydrogen-bond donors (Lipinski definition) is 3. The first-order chi connectivity index (χ1) is 12.9. The van der Waals surface area contributed by atoms with Gasteiger partial charge in [0.2, 0.25) is 0 Å². The molecule has 1 unspecified atom stereocenters. The summed E-state index contributed by atoms with van der Waals surface area (Å²) in [5.41, 5.74) is 2.43. The van der Waals surface area contributed by atoms with Gasteiger partial charge in [0.05, 0.1) is 24.6 Å². The van der Waals surface area contributed by atoms with E-state index in [1.165, 1.54) is 17.1 Å². The molecule has 140 valence electrons. The van der Waals surface area contributed by atoms with E-state index >= 15 is 0 Å². The smallest absolute Gasteiger partial charge is 0.331 e. The Bertz CT molecular complexity index is 972. The number of hydrogen-bond acceptors (Lipinski definition) is 5. The first kappa shape index (κ1) is 18.2. The largest absolute Gasteiger partial charge is 0.494 e. The van der Waals surface area contributed by atoms with E-state index in [0.717, 1.165) is 0 Å². The fourth-order valence-electron chi connectivity index (χ4n) is 2.85. The van der Waals surface area contributed by atoms with Crippen LogP contribution in [0.3, 0.4) is 0 Å². The molecule has 1 aromatic carbocycles. The van der Waals surface area contributed by atoms with Gasteiger partial charge in [0.1, 0.15) is 11.4 Å². The second-order valence-corrected chi connectivity index (χ2v) is 5.94. The summed E-state index contributed by atoms with van der Waals surface area (Å²) in [6.45, 7) is 3.39. The summed E-state index contributed by atoms with van der Waals surface area (Å²) in [4.78, 5) is 24.3. The number of amides is 1. The Hall–Kier alpha value is -3.62. The quantitative estimate of drug-likeness (QED) is 0.609. The van der Waals surface area contributed by atoms with Gasteiger partial charge in [-0.15, -0.1) is 0 Å². The summed E-state index contributed by atoms with van der Waals surface area (Å²) in [6, 6.07) is 6.01. The van der Waals surface area contributed by atoms with E-state index in [2.05, 4.69) is 20.6 Å². The number of carbonyl (C=O) groups excluding carboxylic acids is 1. The molecule has 0 saturated heterocycles. The summed E-state index contributed by atoms with van der Waals surface area (Å²) >= 11 is 0. The van der Waals surface area contributed by atoms with Crippen molar-refractivity contribution in [2.45, 2.75) is 19.9 Å². The highest BCUT2D eigenvalue weighted by molar-refractivity contribution is 5.96. The fourth-order valence-corrected chi connectivity index (χ4v) is 2.85. The van der Waals surface area contributed by atoms with Crippen molar-refractivity contribution in [3.8, 4) is 11.4 Å². The number of aromatic amines is 1. The topological polar surface area (TPSA) is 122 Å². The van der Waals surface area contributed by atoms with Crippen LogP contribution in [-0.4, -0.2) is 44.1 Å². The van der Waals surface area contributed by atoms with Gasteiger partial charge in [-0.1, -0.05) is 12.1 Å². The third kappa shape index (κ3) is 3.52. The van der Waals surface area contributed by atoms with Gasteiger partial charge >= 0.3 is 5.97 Å². The molecule has 0 aliphatic carbocycles. The van der Waals surface area contributed by atoms with E-state index in [-0.39, 0.29) is 5.56 Å². The number of carbonyl (C=O) groups is 2. The molecule has 2 aromatic heterocycles. The predicted molar refractivity (Wildman–Crippen MR) is 96.0 cm³/mol. The lowest BCUT2D eigenvalue weighted by Gasteiger charge is -2.14. The van der Waals surface area contributed by atoms with Gasteiger partial charge in [0, 0.05) is 17.5 Å². The maximum atomic E-state index is 12.6. The fraction of sp³-hybridized carbons (Fsp3) is 0.222. The maximum absolute atomic E-state index is 12.6. The van der Waals surface area contributed by atoms with Crippen molar-refractivity contribution in [2.75, 3.05) is 7.11 Å². The van der Waals surface area contributed by atoms with E-state index in [0.29, 0.717) is 28.4 Å². The highest BCUT2D eigenvalue weighted by Crippen LogP contribution is 2.23. The van der Waals surface area contributed by atoms with Crippen LogP contribution < -0.4 is 10.1 Å². The Balaban J connectivity index is 1.86. The molecule has 9 nitrogen and oxygen atoms in total. The number of H-pyrrole nitrogens is 1. The summed E-state index contributed by atoms with van der Waals surface area (Å²) < 4.78 is 6.79. The summed E-state index contributed by atoms with van der Waals surface area (Å²) in [6.07, 6.45) is 2.89. The van der Waals surface area contributed by atoms with Gasteiger partial charge in [0.25, 0.3) is 5.91 Å². The van der Waals surface area contributed by atoms with Crippen LogP contribution in [0.15, 0.2) is 36.7 Å². The van der Waals surface area contributed by atoms with Crippen molar-refractivity contribution in [2.24, 2.45) is 0 Å². The van der Waals surface area contributed by atoms with Crippen LogP contribution >= 0.6 is 0 Å². The monoisotopic (exact) mass is 369 g/mol. The Morgan fingerprint density at radius 2 is 2.04 bits per heavy atom. The zero-order chi connectivity index (χ0) is 19.6. The van der Waals surface area contributed by atoms with Gasteiger partial charge in [-0.2, -0.15) is 10.2 Å². The Morgan fingerprint density at radius 3 is 2.67 bits per heavy atom. The minimum absolute atomic E-state index is 0.228. The van der Waals surface area contributed by atoms with Gasteiger partial charge in [0.15, 0.2) is 6.04 Å². The molecule has 0 saturated carbocycles. The van der Waals surface area contributed by atoms with Crippen molar-refractivity contribution in [1.82, 2.24) is 25.3 Å². The number of ether oxygens (including phenoxy) is 1. The van der Waals surface area contributed by atoms with Gasteiger partial charge in [-0.3, -0.25) is 9.89 Å². The Kier molecular flexibility index (Phi) is 4.93. The maximum Gasteiger partial charge on any atom is 0.331 e. The van der Waals surface area contributed by atoms with Crippen LogP contribution in [0.2, 0.25) is 0 Å². The van der Waals surface area contributed by atoms with E-state index in [1.54, 1.807) is 33.1 Å². The second kappa shape index (κ2) is 7.32. The normalized spacial score (nSPS) is 11.8. The molecule has 0 bridgehead atoms. The second-order valence-electron chi connectivity index (χ2n) is 5.94. The van der Waals surface area contributed by atoms with Crippen molar-refractivity contribution in [3.05, 3.63) is 59.2 Å². The number of benzene rings is 1. The van der Waals surface area contributed by atoms with Crippen molar-refractivity contribution >= 4 is 11.9 Å². The first-order valence-electron chi connectivity index (χ1n) is 8.15. The van der Waals surface area contributed by atoms with Crippen LogP contribution in [0.25, 0.3) is 5.69 Å². The summed E-state index contributed by atoms with van der Waals surface area (Å²) in [5, 5.41) is 23.0. The number of nitrogens with zero attached hydrogens (tertiary/aromatic N) is 3. The van der Waals surface area contributed by atoms with Gasteiger partial charge in [-0.25, -0.2) is 9.48 Å². The van der Waals surface area contributed by atoms with Crippen molar-refractivity contribution < 1.29 is 19.4 Å². The SMILES string of the molecule is COc1ccccc1-n1cc(C(=O)NC(C(=O)O)c2c(C)n[nH]c2C)cn1. The van der Waals surface area contributed by atoms with Crippen LogP contribution in [0.4, 0.5) is 0 Å². The van der Waals surface area contributed by atoms with Crippen LogP contribution in [0.1, 0.15) is 33.4 Å². The number of carboxylic acid groups (broad SMARTS) is 1. The molecule has 3 N–H and O–H groups in total. The third-order valence-electron chi connectivity index (χ3n) is 4.17. The van der Waals surface area contributed by atoms with Crippen LogP contribution in [0, 0.1) is 13.8 Å². The lowest BCUT2D eigenvalue weighted by molar-refractivity contribution is -0.139. The lowest BCUT2D eigenvalue weighted by Crippen LogP contribution is -2.34. The van der Waals surface area contributed by atoms with Gasteiger partial charge < -0.3 is 15.2 Å². The van der Waals surface area contributed by atoms with E-state index in [1.807, 2.05) is 12.1 Å². The standard InChI is InChI=1S/C18H19N5O4/c1-10-15(11(2)22-21-10)16(18(25)26)20-17(24)12-8-19-23(9-12)13-6-4-5-7-14(13)27-3/h4-9,16H,1-3H3,(H,20,24)(H,21,22)(H,25,26). The molecule has 0 radical (unpaired) electrons. The zero-order valence-corrected chi connectivity index (χ0v) is 15.1. The molecular weight excluding hydrogens is 350 g/mol. The molecule has 3 aromatic rings. The van der Waals surface area contributed by atoms with Crippen LogP contribution in [-0.2, 0) is 4.79 Å². The number of carboxylic acids is 1. The number of nitrogens with one attached hydrogen (secondary N) is 2. The van der Waals surface area contributed by atoms with Crippen LogP contribution in [0.5, 0.6) is 5.75 Å². The number of aromatic nitrogens is 4.